The molecule has 0 aromatic heterocycles. The van der Waals surface area contributed by atoms with Crippen LogP contribution in [-0.4, -0.2) is 59.4 Å². The second-order valence-electron chi connectivity index (χ2n) is 7.30. The number of aliphatic carboxylic acids is 1. The molecule has 6 nitrogen and oxygen atoms in total. The SMILES string of the molecule is Cc1ccc(CC(C)C(=O)N(C)CC(=O)N2CCCC(C(=O)O)C2)cc1. The lowest BCUT2D eigenvalue weighted by Crippen LogP contribution is -2.47. The minimum absolute atomic E-state index is 0.0105. The van der Waals surface area contributed by atoms with Gasteiger partial charge >= 0.3 is 5.97 Å². The zero-order chi connectivity index (χ0) is 19.3. The van der Waals surface area contributed by atoms with Crippen LogP contribution in [-0.2, 0) is 20.8 Å². The van der Waals surface area contributed by atoms with E-state index in [0.717, 1.165) is 5.56 Å². The van der Waals surface area contributed by atoms with E-state index >= 15 is 0 Å². The summed E-state index contributed by atoms with van der Waals surface area (Å²) in [7, 11) is 1.63. The third-order valence-electron chi connectivity index (χ3n) is 4.96. The predicted octanol–water partition coefficient (Wildman–Crippen LogP) is 1.96. The topological polar surface area (TPSA) is 77.9 Å². The average molecular weight is 360 g/mol. The Morgan fingerprint density at radius 2 is 1.92 bits per heavy atom. The number of likely N-dealkylation sites (tertiary alicyclic amines) is 1. The van der Waals surface area contributed by atoms with Crippen molar-refractivity contribution >= 4 is 17.8 Å². The molecule has 1 heterocycles. The fraction of sp³-hybridized carbons (Fsp3) is 0.550. The Hall–Kier alpha value is -2.37. The van der Waals surface area contributed by atoms with Gasteiger partial charge in [0.15, 0.2) is 0 Å². The van der Waals surface area contributed by atoms with Crippen molar-refractivity contribution in [3.8, 4) is 0 Å². The molecule has 0 bridgehead atoms. The van der Waals surface area contributed by atoms with Crippen LogP contribution in [0.4, 0.5) is 0 Å². The first-order valence-corrected chi connectivity index (χ1v) is 9.09. The third kappa shape index (κ3) is 5.31. The summed E-state index contributed by atoms with van der Waals surface area (Å²) in [5.41, 5.74) is 2.27. The van der Waals surface area contributed by atoms with Crippen LogP contribution in [0.25, 0.3) is 0 Å². The maximum absolute atomic E-state index is 12.6. The molecular weight excluding hydrogens is 332 g/mol. The molecule has 0 saturated carbocycles. The molecule has 2 rings (SSSR count). The van der Waals surface area contributed by atoms with Crippen molar-refractivity contribution in [2.45, 2.75) is 33.1 Å². The summed E-state index contributed by atoms with van der Waals surface area (Å²) < 4.78 is 0. The van der Waals surface area contributed by atoms with E-state index in [9.17, 15) is 14.4 Å². The van der Waals surface area contributed by atoms with Crippen molar-refractivity contribution in [3.63, 3.8) is 0 Å². The highest BCUT2D eigenvalue weighted by molar-refractivity contribution is 5.86. The number of rotatable bonds is 6. The summed E-state index contributed by atoms with van der Waals surface area (Å²) >= 11 is 0. The molecule has 2 atom stereocenters. The highest BCUT2D eigenvalue weighted by Crippen LogP contribution is 2.17. The molecule has 1 aliphatic heterocycles. The average Bonchev–Trinajstić information content (AvgIpc) is 2.62. The molecule has 1 aliphatic rings. The summed E-state index contributed by atoms with van der Waals surface area (Å²) in [5, 5.41) is 9.14. The first kappa shape index (κ1) is 19.9. The number of likely N-dealkylation sites (N-methyl/N-ethyl adjacent to an activating group) is 1. The Labute approximate surface area is 154 Å². The van der Waals surface area contributed by atoms with Crippen molar-refractivity contribution in [3.05, 3.63) is 35.4 Å². The molecule has 1 saturated heterocycles. The van der Waals surface area contributed by atoms with Crippen molar-refractivity contribution in [2.75, 3.05) is 26.7 Å². The number of benzene rings is 1. The van der Waals surface area contributed by atoms with E-state index in [4.69, 9.17) is 5.11 Å². The lowest BCUT2D eigenvalue weighted by atomic mass is 9.98. The molecule has 26 heavy (non-hydrogen) atoms. The number of hydrogen-bond donors (Lipinski definition) is 1. The quantitative estimate of drug-likeness (QED) is 0.841. The minimum atomic E-state index is -0.862. The molecule has 142 valence electrons. The summed E-state index contributed by atoms with van der Waals surface area (Å²) in [6.45, 7) is 4.67. The summed E-state index contributed by atoms with van der Waals surface area (Å²) in [6.07, 6.45) is 1.91. The summed E-state index contributed by atoms with van der Waals surface area (Å²) in [6, 6.07) is 8.08. The Kier molecular flexibility index (Phi) is 6.77. The van der Waals surface area contributed by atoms with Crippen molar-refractivity contribution < 1.29 is 19.5 Å². The molecule has 2 unspecified atom stereocenters. The fourth-order valence-electron chi connectivity index (χ4n) is 3.33. The molecule has 6 heteroatoms. The minimum Gasteiger partial charge on any atom is -0.481 e. The number of nitrogens with zero attached hydrogens (tertiary/aromatic N) is 2. The number of carbonyl (C=O) groups excluding carboxylic acids is 2. The van der Waals surface area contributed by atoms with Gasteiger partial charge in [0.25, 0.3) is 0 Å². The molecule has 0 radical (unpaired) electrons. The van der Waals surface area contributed by atoms with E-state index in [0.29, 0.717) is 25.8 Å². The van der Waals surface area contributed by atoms with Gasteiger partial charge in [-0.1, -0.05) is 36.8 Å². The van der Waals surface area contributed by atoms with Gasteiger partial charge in [-0.25, -0.2) is 0 Å². The maximum Gasteiger partial charge on any atom is 0.308 e. The number of aryl methyl sites for hydroxylation is 1. The Morgan fingerprint density at radius 3 is 2.54 bits per heavy atom. The van der Waals surface area contributed by atoms with Gasteiger partial charge in [0.1, 0.15) is 0 Å². The molecule has 2 amide bonds. The Morgan fingerprint density at radius 1 is 1.27 bits per heavy atom. The highest BCUT2D eigenvalue weighted by atomic mass is 16.4. The van der Waals surface area contributed by atoms with E-state index in [2.05, 4.69) is 0 Å². The predicted molar refractivity (Wildman–Crippen MR) is 98.6 cm³/mol. The van der Waals surface area contributed by atoms with Crippen molar-refractivity contribution in [1.29, 1.82) is 0 Å². The largest absolute Gasteiger partial charge is 0.481 e. The van der Waals surface area contributed by atoms with Gasteiger partial charge in [0, 0.05) is 26.1 Å². The molecular formula is C20H28N2O4. The monoisotopic (exact) mass is 360 g/mol. The second-order valence-corrected chi connectivity index (χ2v) is 7.30. The van der Waals surface area contributed by atoms with Gasteiger partial charge in [0.05, 0.1) is 12.5 Å². The Balaban J connectivity index is 1.88. The molecule has 1 aromatic rings. The number of carboxylic acid groups (broad SMARTS) is 1. The van der Waals surface area contributed by atoms with Crippen molar-refractivity contribution in [2.24, 2.45) is 11.8 Å². The number of carbonyl (C=O) groups is 3. The zero-order valence-electron chi connectivity index (χ0n) is 15.8. The number of hydrogen-bond acceptors (Lipinski definition) is 3. The van der Waals surface area contributed by atoms with Crippen molar-refractivity contribution in [1.82, 2.24) is 9.80 Å². The lowest BCUT2D eigenvalue weighted by molar-refractivity contribution is -0.147. The number of carboxylic acids is 1. The van der Waals surface area contributed by atoms with E-state index in [1.807, 2.05) is 38.1 Å². The summed E-state index contributed by atoms with van der Waals surface area (Å²) in [4.78, 5) is 39.2. The molecule has 0 spiro atoms. The van der Waals surface area contributed by atoms with E-state index in [1.54, 1.807) is 11.9 Å². The molecule has 1 N–H and O–H groups in total. The van der Waals surface area contributed by atoms with Gasteiger partial charge in [-0.2, -0.15) is 0 Å². The van der Waals surface area contributed by atoms with Crippen LogP contribution in [0.5, 0.6) is 0 Å². The first-order valence-electron chi connectivity index (χ1n) is 9.09. The van der Waals surface area contributed by atoms with Gasteiger partial charge < -0.3 is 14.9 Å². The van der Waals surface area contributed by atoms with Crippen LogP contribution in [0.1, 0.15) is 30.9 Å². The van der Waals surface area contributed by atoms with E-state index in [-0.39, 0.29) is 30.8 Å². The summed E-state index contributed by atoms with van der Waals surface area (Å²) in [5.74, 6) is -1.85. The zero-order valence-corrected chi connectivity index (χ0v) is 15.8. The van der Waals surface area contributed by atoms with Gasteiger partial charge in [-0.05, 0) is 31.7 Å². The maximum atomic E-state index is 12.6. The van der Waals surface area contributed by atoms with Crippen LogP contribution >= 0.6 is 0 Å². The second kappa shape index (κ2) is 8.83. The van der Waals surface area contributed by atoms with E-state index in [1.165, 1.54) is 10.5 Å². The van der Waals surface area contributed by atoms with Crippen LogP contribution < -0.4 is 0 Å². The normalized spacial score (nSPS) is 18.3. The van der Waals surface area contributed by atoms with Crippen LogP contribution in [0.3, 0.4) is 0 Å². The smallest absolute Gasteiger partial charge is 0.308 e. The van der Waals surface area contributed by atoms with Crippen LogP contribution in [0, 0.1) is 18.8 Å². The molecule has 0 aliphatic carbocycles. The van der Waals surface area contributed by atoms with Gasteiger partial charge in [-0.15, -0.1) is 0 Å². The van der Waals surface area contributed by atoms with Crippen LogP contribution in [0.15, 0.2) is 24.3 Å². The van der Waals surface area contributed by atoms with E-state index < -0.39 is 11.9 Å². The molecule has 1 fully saturated rings. The lowest BCUT2D eigenvalue weighted by Gasteiger charge is -2.32. The Bertz CT molecular complexity index is 656. The molecule has 1 aromatic carbocycles. The van der Waals surface area contributed by atoms with Gasteiger partial charge in [0.2, 0.25) is 11.8 Å². The standard InChI is InChI=1S/C20H28N2O4/c1-14-6-8-16(9-7-14)11-15(2)19(24)21(3)13-18(23)22-10-4-5-17(12-22)20(25)26/h6-9,15,17H,4-5,10-13H2,1-3H3,(H,25,26). The number of amides is 2. The fourth-order valence-corrected chi connectivity index (χ4v) is 3.33. The highest BCUT2D eigenvalue weighted by Gasteiger charge is 2.29. The number of piperidine rings is 1. The third-order valence-corrected chi connectivity index (χ3v) is 4.96. The van der Waals surface area contributed by atoms with Crippen LogP contribution in [0.2, 0.25) is 0 Å². The first-order chi connectivity index (χ1) is 12.3. The van der Waals surface area contributed by atoms with Gasteiger partial charge in [-0.3, -0.25) is 14.4 Å².